The SMILES string of the molecule is Cc1ccc(C(=O)O)cc1C1CCCCC1.Cc1ccc(C(=O)OC2CCCCC2)cc1. The van der Waals surface area contributed by atoms with Gasteiger partial charge in [0, 0.05) is 0 Å². The zero-order valence-electron chi connectivity index (χ0n) is 19.4. The summed E-state index contributed by atoms with van der Waals surface area (Å²) in [6, 6.07) is 13.1. The van der Waals surface area contributed by atoms with Crippen LogP contribution in [0.1, 0.15) is 108 Å². The van der Waals surface area contributed by atoms with E-state index in [4.69, 9.17) is 9.84 Å². The highest BCUT2D eigenvalue weighted by Gasteiger charge is 2.19. The van der Waals surface area contributed by atoms with Gasteiger partial charge in [0.15, 0.2) is 0 Å². The zero-order chi connectivity index (χ0) is 22.9. The summed E-state index contributed by atoms with van der Waals surface area (Å²) in [5.41, 5.74) is 4.73. The van der Waals surface area contributed by atoms with Crippen molar-refractivity contribution < 1.29 is 19.4 Å². The molecule has 0 atom stereocenters. The normalized spacial score (nSPS) is 17.2. The molecule has 2 aliphatic rings. The van der Waals surface area contributed by atoms with Crippen molar-refractivity contribution in [3.8, 4) is 0 Å². The molecule has 4 nitrogen and oxygen atoms in total. The van der Waals surface area contributed by atoms with Crippen molar-refractivity contribution in [3.05, 3.63) is 70.3 Å². The van der Waals surface area contributed by atoms with Crippen LogP contribution in [0.4, 0.5) is 0 Å². The van der Waals surface area contributed by atoms with Crippen LogP contribution in [-0.4, -0.2) is 23.1 Å². The first kappa shape index (κ1) is 24.0. The number of hydrogen-bond donors (Lipinski definition) is 1. The van der Waals surface area contributed by atoms with E-state index >= 15 is 0 Å². The van der Waals surface area contributed by atoms with Gasteiger partial charge in [0.25, 0.3) is 0 Å². The van der Waals surface area contributed by atoms with Crippen molar-refractivity contribution in [3.63, 3.8) is 0 Å². The molecule has 2 saturated carbocycles. The van der Waals surface area contributed by atoms with Crippen LogP contribution in [0.15, 0.2) is 42.5 Å². The van der Waals surface area contributed by atoms with Gasteiger partial charge in [-0.25, -0.2) is 9.59 Å². The van der Waals surface area contributed by atoms with Crippen molar-refractivity contribution >= 4 is 11.9 Å². The topological polar surface area (TPSA) is 63.6 Å². The quantitative estimate of drug-likeness (QED) is 0.514. The Labute approximate surface area is 192 Å². The molecule has 2 aromatic carbocycles. The van der Waals surface area contributed by atoms with E-state index in [1.807, 2.05) is 43.3 Å². The summed E-state index contributed by atoms with van der Waals surface area (Å²) in [6.07, 6.45) is 12.2. The average Bonchev–Trinajstić information content (AvgIpc) is 2.81. The highest BCUT2D eigenvalue weighted by Crippen LogP contribution is 2.34. The van der Waals surface area contributed by atoms with Crippen LogP contribution in [-0.2, 0) is 4.74 Å². The molecule has 2 aromatic rings. The Bertz CT molecular complexity index is 888. The summed E-state index contributed by atoms with van der Waals surface area (Å²) in [5.74, 6) is -0.419. The molecule has 0 radical (unpaired) electrons. The number of carboxylic acids is 1. The summed E-state index contributed by atoms with van der Waals surface area (Å²) >= 11 is 0. The molecule has 2 aliphatic carbocycles. The standard InChI is InChI=1S/2C14H18O2/c1-11-7-9-12(10-8-11)14(15)16-13-5-3-2-4-6-13;1-10-7-8-12(14(15)16)9-13(10)11-5-3-2-4-6-11/h7-10,13H,2-6H2,1H3;7-9,11H,2-6H2,1H3,(H,15,16). The van der Waals surface area contributed by atoms with E-state index in [0.29, 0.717) is 17.0 Å². The first-order chi connectivity index (χ1) is 15.4. The molecule has 32 heavy (non-hydrogen) atoms. The van der Waals surface area contributed by atoms with Crippen LogP contribution in [0.5, 0.6) is 0 Å². The van der Waals surface area contributed by atoms with Crippen molar-refractivity contribution in [1.29, 1.82) is 0 Å². The van der Waals surface area contributed by atoms with Crippen LogP contribution in [0.25, 0.3) is 0 Å². The van der Waals surface area contributed by atoms with Crippen LogP contribution in [0.3, 0.4) is 0 Å². The van der Waals surface area contributed by atoms with Gasteiger partial charge in [-0.05, 0) is 93.7 Å². The predicted molar refractivity (Wildman–Crippen MR) is 127 cm³/mol. The largest absolute Gasteiger partial charge is 0.478 e. The zero-order valence-corrected chi connectivity index (χ0v) is 19.4. The van der Waals surface area contributed by atoms with Crippen LogP contribution < -0.4 is 0 Å². The third-order valence-electron chi connectivity index (χ3n) is 6.68. The van der Waals surface area contributed by atoms with Crippen molar-refractivity contribution in [1.82, 2.24) is 0 Å². The molecule has 0 aromatic heterocycles. The molecule has 0 unspecified atom stereocenters. The Morgan fingerprint density at radius 1 is 0.781 bits per heavy atom. The molecule has 172 valence electrons. The molecule has 0 heterocycles. The highest BCUT2D eigenvalue weighted by atomic mass is 16.5. The van der Waals surface area contributed by atoms with E-state index in [0.717, 1.165) is 18.4 Å². The van der Waals surface area contributed by atoms with Gasteiger partial charge in [-0.2, -0.15) is 0 Å². The summed E-state index contributed by atoms with van der Waals surface area (Å²) in [4.78, 5) is 22.7. The van der Waals surface area contributed by atoms with E-state index < -0.39 is 5.97 Å². The predicted octanol–water partition coefficient (Wildman–Crippen LogP) is 7.23. The molecule has 0 bridgehead atoms. The maximum atomic E-state index is 11.8. The fourth-order valence-corrected chi connectivity index (χ4v) is 4.72. The van der Waals surface area contributed by atoms with E-state index in [1.54, 1.807) is 6.07 Å². The van der Waals surface area contributed by atoms with E-state index in [9.17, 15) is 9.59 Å². The van der Waals surface area contributed by atoms with Crippen molar-refractivity contribution in [2.75, 3.05) is 0 Å². The Morgan fingerprint density at radius 2 is 1.34 bits per heavy atom. The van der Waals surface area contributed by atoms with Crippen LogP contribution >= 0.6 is 0 Å². The minimum Gasteiger partial charge on any atom is -0.478 e. The van der Waals surface area contributed by atoms with Gasteiger partial charge in [0.05, 0.1) is 11.1 Å². The van der Waals surface area contributed by atoms with Gasteiger partial charge in [0.1, 0.15) is 6.10 Å². The second-order valence-corrected chi connectivity index (χ2v) is 9.24. The molecule has 4 rings (SSSR count). The lowest BCUT2D eigenvalue weighted by Crippen LogP contribution is -2.20. The van der Waals surface area contributed by atoms with Crippen LogP contribution in [0.2, 0.25) is 0 Å². The molecule has 0 aliphatic heterocycles. The molecular weight excluding hydrogens is 400 g/mol. The number of carbonyl (C=O) groups is 2. The summed E-state index contributed by atoms with van der Waals surface area (Å²) in [5, 5.41) is 9.00. The van der Waals surface area contributed by atoms with Gasteiger partial charge >= 0.3 is 11.9 Å². The van der Waals surface area contributed by atoms with Crippen molar-refractivity contribution in [2.24, 2.45) is 0 Å². The second kappa shape index (κ2) is 11.8. The first-order valence-electron chi connectivity index (χ1n) is 12.1. The Morgan fingerprint density at radius 3 is 1.94 bits per heavy atom. The number of rotatable bonds is 4. The molecule has 0 spiro atoms. The van der Waals surface area contributed by atoms with Crippen LogP contribution in [0, 0.1) is 13.8 Å². The minimum absolute atomic E-state index is 0.141. The van der Waals surface area contributed by atoms with Gasteiger partial charge in [-0.15, -0.1) is 0 Å². The maximum Gasteiger partial charge on any atom is 0.338 e. The molecule has 1 N–H and O–H groups in total. The molecule has 0 saturated heterocycles. The number of hydrogen-bond acceptors (Lipinski definition) is 3. The Kier molecular flexibility index (Phi) is 8.90. The number of benzene rings is 2. The highest BCUT2D eigenvalue weighted by molar-refractivity contribution is 5.89. The molecule has 4 heteroatoms. The average molecular weight is 437 g/mol. The fourth-order valence-electron chi connectivity index (χ4n) is 4.72. The number of aromatic carboxylic acids is 1. The molecule has 2 fully saturated rings. The Balaban J connectivity index is 0.000000181. The lowest BCUT2D eigenvalue weighted by molar-refractivity contribution is 0.0211. The number of aryl methyl sites for hydroxylation is 2. The smallest absolute Gasteiger partial charge is 0.338 e. The number of carboxylic acid groups (broad SMARTS) is 1. The molecular formula is C28H36O4. The lowest BCUT2D eigenvalue weighted by Gasteiger charge is -2.23. The lowest BCUT2D eigenvalue weighted by atomic mass is 9.82. The van der Waals surface area contributed by atoms with Gasteiger partial charge < -0.3 is 9.84 Å². The number of esters is 1. The van der Waals surface area contributed by atoms with E-state index in [1.165, 1.54) is 62.5 Å². The summed E-state index contributed by atoms with van der Waals surface area (Å²) < 4.78 is 5.48. The van der Waals surface area contributed by atoms with Gasteiger partial charge in [-0.3, -0.25) is 0 Å². The fraction of sp³-hybridized carbons (Fsp3) is 0.500. The third kappa shape index (κ3) is 6.94. The summed E-state index contributed by atoms with van der Waals surface area (Å²) in [6.45, 7) is 4.09. The number of carbonyl (C=O) groups excluding carboxylic acids is 1. The minimum atomic E-state index is -0.822. The van der Waals surface area contributed by atoms with Gasteiger partial charge in [0.2, 0.25) is 0 Å². The van der Waals surface area contributed by atoms with Gasteiger partial charge in [-0.1, -0.05) is 49.4 Å². The Hall–Kier alpha value is -2.62. The second-order valence-electron chi connectivity index (χ2n) is 9.24. The van der Waals surface area contributed by atoms with E-state index in [-0.39, 0.29) is 12.1 Å². The number of ether oxygens (including phenoxy) is 1. The molecule has 0 amide bonds. The third-order valence-corrected chi connectivity index (χ3v) is 6.68. The van der Waals surface area contributed by atoms with Crippen molar-refractivity contribution in [2.45, 2.75) is 90.1 Å². The first-order valence-corrected chi connectivity index (χ1v) is 12.1. The maximum absolute atomic E-state index is 11.8. The monoisotopic (exact) mass is 436 g/mol. The summed E-state index contributed by atoms with van der Waals surface area (Å²) in [7, 11) is 0. The van der Waals surface area contributed by atoms with E-state index in [2.05, 4.69) is 6.92 Å².